The van der Waals surface area contributed by atoms with Crippen LogP contribution in [0.5, 0.6) is 0 Å². The van der Waals surface area contributed by atoms with Crippen LogP contribution in [0.2, 0.25) is 0 Å². The van der Waals surface area contributed by atoms with Crippen LogP contribution in [0.1, 0.15) is 23.4 Å². The van der Waals surface area contributed by atoms with Crippen molar-refractivity contribution < 1.29 is 9.13 Å². The fourth-order valence-corrected chi connectivity index (χ4v) is 4.88. The molecule has 0 unspecified atom stereocenters. The third kappa shape index (κ3) is 4.86. The van der Waals surface area contributed by atoms with Crippen molar-refractivity contribution in [3.8, 4) is 11.4 Å². The minimum absolute atomic E-state index is 0. The van der Waals surface area contributed by atoms with E-state index in [0.29, 0.717) is 52.9 Å². The molecule has 8 nitrogen and oxygen atoms in total. The number of nitrogens with zero attached hydrogens (tertiary/aromatic N) is 6. The molecule has 3 aromatic heterocycles. The molecular formula is C24H28FN7OS2. The van der Waals surface area contributed by atoms with Crippen LogP contribution in [0.15, 0.2) is 42.7 Å². The molecule has 0 amide bonds. The second kappa shape index (κ2) is 10.1. The second-order valence-corrected chi connectivity index (χ2v) is 8.83. The lowest BCUT2D eigenvalue weighted by atomic mass is 10.1. The van der Waals surface area contributed by atoms with Crippen LogP contribution in [-0.2, 0) is 17.8 Å². The molecule has 2 aliphatic heterocycles. The summed E-state index contributed by atoms with van der Waals surface area (Å²) in [5.41, 5.74) is 10.2. The summed E-state index contributed by atoms with van der Waals surface area (Å²) in [6.45, 7) is 5.10. The van der Waals surface area contributed by atoms with E-state index in [2.05, 4.69) is 49.1 Å². The van der Waals surface area contributed by atoms with E-state index in [1.165, 1.54) is 17.8 Å². The summed E-state index contributed by atoms with van der Waals surface area (Å²) in [6.07, 6.45) is 4.31. The smallest absolute Gasteiger partial charge is 0.166 e. The molecule has 2 bridgehead atoms. The normalized spacial score (nSPS) is 19.0. The molecule has 2 atom stereocenters. The standard InChI is InChI=1S/C24H24FN7O.2H2S/c1-14-28-22(26)21-24(29-14)32(23(30-21)17-6-18(25)9-27-8-17)11-16-4-2-15(3-5-16)10-31-12-20-7-19(31)13-33-20;;/h2-6,8-9,19-20H,7,10-13H2,1H3,(H2,26,28,29);2*1H2/t19-,20-;;/m0../s1. The van der Waals surface area contributed by atoms with Gasteiger partial charge in [0.2, 0.25) is 0 Å². The van der Waals surface area contributed by atoms with Crippen molar-refractivity contribution in [2.75, 3.05) is 18.9 Å². The van der Waals surface area contributed by atoms with Gasteiger partial charge in [0, 0.05) is 30.9 Å². The van der Waals surface area contributed by atoms with E-state index in [1.54, 1.807) is 13.1 Å². The summed E-state index contributed by atoms with van der Waals surface area (Å²) in [5, 5.41) is 0. The molecular weight excluding hydrogens is 485 g/mol. The molecule has 4 aromatic rings. The Kier molecular flexibility index (Phi) is 7.32. The summed E-state index contributed by atoms with van der Waals surface area (Å²) in [7, 11) is 0. The third-order valence-electron chi connectivity index (χ3n) is 6.46. The number of anilines is 1. The molecule has 1 aromatic carbocycles. The molecule has 2 N–H and O–H groups in total. The molecule has 0 spiro atoms. The van der Waals surface area contributed by atoms with Crippen LogP contribution in [0.3, 0.4) is 0 Å². The lowest BCUT2D eigenvalue weighted by Crippen LogP contribution is -2.36. The highest BCUT2D eigenvalue weighted by molar-refractivity contribution is 7.59. The van der Waals surface area contributed by atoms with Gasteiger partial charge < -0.3 is 15.0 Å². The van der Waals surface area contributed by atoms with E-state index in [1.807, 2.05) is 4.57 Å². The van der Waals surface area contributed by atoms with E-state index in [0.717, 1.165) is 31.7 Å². The van der Waals surface area contributed by atoms with Gasteiger partial charge in [0.25, 0.3) is 0 Å². The number of nitrogens with two attached hydrogens (primary N) is 1. The van der Waals surface area contributed by atoms with E-state index >= 15 is 0 Å². The maximum Gasteiger partial charge on any atom is 0.166 e. The monoisotopic (exact) mass is 513 g/mol. The number of imidazole rings is 1. The number of rotatable bonds is 5. The molecule has 0 radical (unpaired) electrons. The Morgan fingerprint density at radius 3 is 2.46 bits per heavy atom. The summed E-state index contributed by atoms with van der Waals surface area (Å²) in [4.78, 5) is 20.0. The average molecular weight is 514 g/mol. The molecule has 6 rings (SSSR count). The van der Waals surface area contributed by atoms with E-state index in [9.17, 15) is 4.39 Å². The van der Waals surface area contributed by atoms with E-state index in [4.69, 9.17) is 10.5 Å². The number of hydrogen-bond donors (Lipinski definition) is 1. The van der Waals surface area contributed by atoms with Crippen LogP contribution in [-0.4, -0.2) is 54.7 Å². The summed E-state index contributed by atoms with van der Waals surface area (Å²) < 4.78 is 21.6. The van der Waals surface area contributed by atoms with Crippen molar-refractivity contribution in [3.63, 3.8) is 0 Å². The van der Waals surface area contributed by atoms with Gasteiger partial charge in [0.1, 0.15) is 17.5 Å². The Morgan fingerprint density at radius 1 is 1.06 bits per heavy atom. The molecule has 0 aliphatic carbocycles. The highest BCUT2D eigenvalue weighted by Gasteiger charge is 2.38. The number of morpholine rings is 1. The predicted molar refractivity (Wildman–Crippen MR) is 143 cm³/mol. The predicted octanol–water partition coefficient (Wildman–Crippen LogP) is 3.17. The number of fused-ring (bicyclic) bond motifs is 3. The zero-order valence-electron chi connectivity index (χ0n) is 19.3. The number of halogens is 1. The van der Waals surface area contributed by atoms with E-state index < -0.39 is 5.82 Å². The summed E-state index contributed by atoms with van der Waals surface area (Å²) in [5.74, 6) is 0.998. The van der Waals surface area contributed by atoms with Gasteiger partial charge >= 0.3 is 0 Å². The molecule has 2 saturated heterocycles. The van der Waals surface area contributed by atoms with Gasteiger partial charge in [0.05, 0.1) is 25.5 Å². The highest BCUT2D eigenvalue weighted by atomic mass is 32.1. The van der Waals surface area contributed by atoms with Gasteiger partial charge in [-0.05, 0) is 30.5 Å². The number of aryl methyl sites for hydroxylation is 1. The zero-order valence-corrected chi connectivity index (χ0v) is 21.3. The molecule has 5 heterocycles. The number of hydrogen-bond acceptors (Lipinski definition) is 7. The van der Waals surface area contributed by atoms with Crippen molar-refractivity contribution >= 4 is 44.0 Å². The Hall–Kier alpha value is -2.73. The van der Waals surface area contributed by atoms with Crippen LogP contribution < -0.4 is 5.73 Å². The van der Waals surface area contributed by atoms with Gasteiger partial charge in [-0.15, -0.1) is 0 Å². The fourth-order valence-electron chi connectivity index (χ4n) is 4.88. The minimum atomic E-state index is -0.424. The molecule has 2 aliphatic rings. The maximum atomic E-state index is 13.9. The van der Waals surface area contributed by atoms with Crippen LogP contribution in [0.4, 0.5) is 10.2 Å². The number of pyridine rings is 1. The third-order valence-corrected chi connectivity index (χ3v) is 6.46. The van der Waals surface area contributed by atoms with Crippen molar-refractivity contribution in [1.29, 1.82) is 0 Å². The minimum Gasteiger partial charge on any atom is -0.382 e. The first-order valence-corrected chi connectivity index (χ1v) is 11.1. The van der Waals surface area contributed by atoms with Crippen molar-refractivity contribution in [2.24, 2.45) is 0 Å². The molecule has 0 saturated carbocycles. The number of benzene rings is 1. The van der Waals surface area contributed by atoms with Crippen LogP contribution in [0, 0.1) is 12.7 Å². The maximum absolute atomic E-state index is 13.9. The van der Waals surface area contributed by atoms with Gasteiger partial charge in [-0.25, -0.2) is 19.3 Å². The van der Waals surface area contributed by atoms with Crippen molar-refractivity contribution in [3.05, 3.63) is 65.5 Å². The summed E-state index contributed by atoms with van der Waals surface area (Å²) >= 11 is 0. The van der Waals surface area contributed by atoms with Crippen LogP contribution in [0.25, 0.3) is 22.6 Å². The van der Waals surface area contributed by atoms with Gasteiger partial charge in [-0.2, -0.15) is 27.0 Å². The number of likely N-dealkylation sites (tertiary alicyclic amines) is 1. The fraction of sp³-hybridized carbons (Fsp3) is 0.333. The first-order valence-electron chi connectivity index (χ1n) is 11.1. The number of aromatic nitrogens is 5. The lowest BCUT2D eigenvalue weighted by Gasteiger charge is -2.26. The Morgan fingerprint density at radius 2 is 1.80 bits per heavy atom. The van der Waals surface area contributed by atoms with Gasteiger partial charge in [-0.3, -0.25) is 9.88 Å². The molecule has 2 fully saturated rings. The average Bonchev–Trinajstić information content (AvgIpc) is 3.50. The largest absolute Gasteiger partial charge is 0.382 e. The topological polar surface area (TPSA) is 95.0 Å². The van der Waals surface area contributed by atoms with E-state index in [-0.39, 0.29) is 27.0 Å². The van der Waals surface area contributed by atoms with Crippen molar-refractivity contribution in [1.82, 2.24) is 29.4 Å². The molecule has 35 heavy (non-hydrogen) atoms. The molecule has 11 heteroatoms. The first kappa shape index (κ1) is 25.4. The Bertz CT molecular complexity index is 1350. The number of ether oxygens (including phenoxy) is 1. The lowest BCUT2D eigenvalue weighted by molar-refractivity contribution is 0.0273. The number of nitrogen functional groups attached to an aromatic ring is 1. The first-order chi connectivity index (χ1) is 16.0. The van der Waals surface area contributed by atoms with Crippen LogP contribution >= 0.6 is 27.0 Å². The SMILES string of the molecule is Cc1nc(N)c2nc(-c3cncc(F)c3)n(Cc3ccc(CN4C[C@@H]5C[C@H]4CO5)cc3)c2n1.S.S. The Balaban J connectivity index is 0.00000144. The van der Waals surface area contributed by atoms with Crippen molar-refractivity contribution in [2.45, 2.75) is 38.6 Å². The van der Waals surface area contributed by atoms with Gasteiger partial charge in [-0.1, -0.05) is 24.3 Å². The zero-order chi connectivity index (χ0) is 22.5. The Labute approximate surface area is 216 Å². The second-order valence-electron chi connectivity index (χ2n) is 8.83. The quantitative estimate of drug-likeness (QED) is 0.438. The highest BCUT2D eigenvalue weighted by Crippen LogP contribution is 2.30. The van der Waals surface area contributed by atoms with Gasteiger partial charge in [0.15, 0.2) is 17.0 Å². The summed E-state index contributed by atoms with van der Waals surface area (Å²) in [6, 6.07) is 10.5. The molecule has 184 valence electrons.